The number of benzene rings is 1. The van der Waals surface area contributed by atoms with Gasteiger partial charge in [-0.2, -0.15) is 0 Å². The molecule has 0 aromatic heterocycles. The molecule has 0 saturated carbocycles. The van der Waals surface area contributed by atoms with Gasteiger partial charge in [0.1, 0.15) is 0 Å². The number of unbranched alkanes of at least 4 members (excludes halogenated alkanes) is 1. The van der Waals surface area contributed by atoms with Gasteiger partial charge in [0.2, 0.25) is 0 Å². The number of rotatable bonds is 10. The van der Waals surface area contributed by atoms with Gasteiger partial charge >= 0.3 is 0 Å². The van der Waals surface area contributed by atoms with E-state index in [1.165, 1.54) is 22.6 Å². The van der Waals surface area contributed by atoms with Crippen LogP contribution in [0.15, 0.2) is 40.6 Å². The fraction of sp³-hybridized carbons (Fsp3) is 0.529. The van der Waals surface area contributed by atoms with E-state index in [1.54, 1.807) is 0 Å². The van der Waals surface area contributed by atoms with E-state index in [2.05, 4.69) is 62.5 Å². The second-order valence-electron chi connectivity index (χ2n) is 4.55. The minimum Gasteiger partial charge on any atom is -0.307 e. The Kier molecular flexibility index (Phi) is 9.98. The summed E-state index contributed by atoms with van der Waals surface area (Å²) in [6.45, 7) is 7.75. The number of hydrogen-bond acceptors (Lipinski definition) is 3. The van der Waals surface area contributed by atoms with Crippen LogP contribution in [-0.4, -0.2) is 18.1 Å². The quantitative estimate of drug-likeness (QED) is 0.576. The molecule has 1 nitrogen and oxygen atoms in total. The second kappa shape index (κ2) is 11.3. The predicted octanol–water partition coefficient (Wildman–Crippen LogP) is 5.47. The molecule has 0 radical (unpaired) electrons. The highest BCUT2D eigenvalue weighted by Gasteiger charge is 2.09. The zero-order valence-corrected chi connectivity index (χ0v) is 14.5. The molecule has 0 aliphatic rings. The summed E-state index contributed by atoms with van der Waals surface area (Å²) in [5.41, 5.74) is 1.36. The van der Waals surface area contributed by atoms with E-state index in [-0.39, 0.29) is 0 Å². The molecule has 1 aromatic carbocycles. The molecule has 3 heteroatoms. The van der Waals surface area contributed by atoms with Crippen molar-refractivity contribution in [3.05, 3.63) is 46.2 Å². The van der Waals surface area contributed by atoms with Gasteiger partial charge in [0.15, 0.2) is 0 Å². The van der Waals surface area contributed by atoms with E-state index in [0.717, 1.165) is 18.1 Å². The van der Waals surface area contributed by atoms with Gasteiger partial charge in [-0.3, -0.25) is 0 Å². The van der Waals surface area contributed by atoms with E-state index < -0.39 is 0 Å². The maximum absolute atomic E-state index is 3.68. The molecule has 0 heterocycles. The Balaban J connectivity index is 2.82. The first-order valence-corrected chi connectivity index (χ1v) is 9.54. The monoisotopic (exact) mass is 309 g/mol. The molecule has 0 amide bonds. The minimum atomic E-state index is 0.329. The maximum atomic E-state index is 3.68. The van der Waals surface area contributed by atoms with Gasteiger partial charge < -0.3 is 5.32 Å². The van der Waals surface area contributed by atoms with Gasteiger partial charge in [-0.1, -0.05) is 57.5 Å². The van der Waals surface area contributed by atoms with Crippen LogP contribution in [0.5, 0.6) is 0 Å². The summed E-state index contributed by atoms with van der Waals surface area (Å²) in [7, 11) is 0. The Hall–Kier alpha value is -0.380. The van der Waals surface area contributed by atoms with Crippen molar-refractivity contribution in [1.29, 1.82) is 0 Å². The Morgan fingerprint density at radius 2 is 1.75 bits per heavy atom. The molecule has 20 heavy (non-hydrogen) atoms. The molecule has 0 aliphatic carbocycles. The van der Waals surface area contributed by atoms with Crippen LogP contribution in [-0.2, 0) is 0 Å². The minimum absolute atomic E-state index is 0.329. The van der Waals surface area contributed by atoms with E-state index in [9.17, 15) is 0 Å². The molecule has 1 aromatic rings. The average molecular weight is 310 g/mol. The van der Waals surface area contributed by atoms with E-state index in [0.29, 0.717) is 6.04 Å². The molecule has 0 aliphatic heterocycles. The molecular weight excluding hydrogens is 282 g/mol. The Morgan fingerprint density at radius 1 is 1.10 bits per heavy atom. The molecular formula is C17H27NS2. The first-order chi connectivity index (χ1) is 9.81. The third kappa shape index (κ3) is 6.87. The zero-order chi connectivity index (χ0) is 14.6. The Morgan fingerprint density at radius 3 is 2.30 bits per heavy atom. The van der Waals surface area contributed by atoms with Crippen LogP contribution >= 0.6 is 23.5 Å². The van der Waals surface area contributed by atoms with Crippen LogP contribution in [0.3, 0.4) is 0 Å². The molecule has 0 spiro atoms. The normalized spacial score (nSPS) is 12.2. The van der Waals surface area contributed by atoms with Gasteiger partial charge in [-0.25, -0.2) is 0 Å². The van der Waals surface area contributed by atoms with Crippen LogP contribution in [0.4, 0.5) is 0 Å². The lowest BCUT2D eigenvalue weighted by Crippen LogP contribution is -2.21. The number of nitrogens with one attached hydrogen (secondary N) is 1. The van der Waals surface area contributed by atoms with E-state index >= 15 is 0 Å². The van der Waals surface area contributed by atoms with Crippen LogP contribution in [0.25, 0.3) is 0 Å². The smallest absolute Gasteiger partial charge is 0.0525 e. The first kappa shape index (κ1) is 17.7. The third-order valence-corrected chi connectivity index (χ3v) is 5.05. The lowest BCUT2D eigenvalue weighted by molar-refractivity contribution is 0.591. The fourth-order valence-electron chi connectivity index (χ4n) is 1.93. The highest BCUT2D eigenvalue weighted by molar-refractivity contribution is 8.22. The summed E-state index contributed by atoms with van der Waals surface area (Å²) >= 11 is 3.89. The summed E-state index contributed by atoms with van der Waals surface area (Å²) in [4.78, 5) is 0. The summed E-state index contributed by atoms with van der Waals surface area (Å²) in [5, 5.41) is 3.68. The largest absolute Gasteiger partial charge is 0.307 e. The van der Waals surface area contributed by atoms with Crippen molar-refractivity contribution in [2.75, 3.05) is 18.1 Å². The summed E-state index contributed by atoms with van der Waals surface area (Å²) < 4.78 is 1.44. The van der Waals surface area contributed by atoms with Crippen LogP contribution < -0.4 is 5.32 Å². The van der Waals surface area contributed by atoms with E-state index in [4.69, 9.17) is 0 Å². The van der Waals surface area contributed by atoms with Crippen LogP contribution in [0.1, 0.15) is 45.2 Å². The molecule has 0 bridgehead atoms. The van der Waals surface area contributed by atoms with Crippen molar-refractivity contribution in [1.82, 2.24) is 5.32 Å². The van der Waals surface area contributed by atoms with Gasteiger partial charge in [0.25, 0.3) is 0 Å². The summed E-state index contributed by atoms with van der Waals surface area (Å²) in [6.07, 6.45) is 4.86. The lowest BCUT2D eigenvalue weighted by atomic mass is 10.1. The molecule has 1 atom stereocenters. The summed E-state index contributed by atoms with van der Waals surface area (Å²) in [6, 6.07) is 11.1. The Labute approximate surface area is 133 Å². The van der Waals surface area contributed by atoms with Crippen molar-refractivity contribution in [3.8, 4) is 0 Å². The van der Waals surface area contributed by atoms with Gasteiger partial charge in [0.05, 0.1) is 6.04 Å². The maximum Gasteiger partial charge on any atom is 0.0525 e. The van der Waals surface area contributed by atoms with Crippen molar-refractivity contribution < 1.29 is 0 Å². The molecule has 0 saturated heterocycles. The number of hydrogen-bond donors (Lipinski definition) is 1. The molecule has 1 rings (SSSR count). The third-order valence-electron chi connectivity index (χ3n) is 2.93. The Bertz CT molecular complexity index is 368. The second-order valence-corrected chi connectivity index (χ2v) is 7.42. The fourth-order valence-corrected chi connectivity index (χ4v) is 4.00. The van der Waals surface area contributed by atoms with Crippen LogP contribution in [0.2, 0.25) is 0 Å². The standard InChI is InChI=1S/C17H27NS2/c1-4-7-13-18-16(15-11-9-8-10-12-15)14-17(19-5-2)20-6-3/h8-12,14,16,18H,4-7,13H2,1-3H3. The topological polar surface area (TPSA) is 12.0 Å². The van der Waals surface area contributed by atoms with E-state index in [1.807, 2.05) is 23.5 Å². The van der Waals surface area contributed by atoms with Gasteiger partial charge in [-0.15, -0.1) is 23.5 Å². The zero-order valence-electron chi connectivity index (χ0n) is 12.9. The lowest BCUT2D eigenvalue weighted by Gasteiger charge is -2.17. The van der Waals surface area contributed by atoms with Gasteiger partial charge in [0, 0.05) is 4.24 Å². The average Bonchev–Trinajstić information content (AvgIpc) is 2.48. The molecule has 0 fully saturated rings. The van der Waals surface area contributed by atoms with Crippen molar-refractivity contribution in [2.24, 2.45) is 0 Å². The first-order valence-electron chi connectivity index (χ1n) is 7.57. The molecule has 1 N–H and O–H groups in total. The predicted molar refractivity (Wildman–Crippen MR) is 96.4 cm³/mol. The number of thioether (sulfide) groups is 2. The highest BCUT2D eigenvalue weighted by Crippen LogP contribution is 2.31. The van der Waals surface area contributed by atoms with Gasteiger partial charge in [-0.05, 0) is 36.1 Å². The van der Waals surface area contributed by atoms with Crippen molar-refractivity contribution in [2.45, 2.75) is 39.7 Å². The molecule has 112 valence electrons. The summed E-state index contributed by atoms with van der Waals surface area (Å²) in [5.74, 6) is 2.27. The molecule has 1 unspecified atom stereocenters. The van der Waals surface area contributed by atoms with Crippen LogP contribution in [0, 0.1) is 0 Å². The van der Waals surface area contributed by atoms with Crippen molar-refractivity contribution in [3.63, 3.8) is 0 Å². The SMILES string of the molecule is CCCCNC(C=C(SCC)SCC)c1ccccc1. The highest BCUT2D eigenvalue weighted by atomic mass is 32.2. The van der Waals surface area contributed by atoms with Crippen molar-refractivity contribution >= 4 is 23.5 Å².